The van der Waals surface area contributed by atoms with Crippen LogP contribution in [0.25, 0.3) is 33.7 Å². The lowest BCUT2D eigenvalue weighted by Gasteiger charge is -2.00. The third-order valence-corrected chi connectivity index (χ3v) is 8.07. The molecule has 0 aromatic carbocycles. The molecule has 1 unspecified atom stereocenters. The Morgan fingerprint density at radius 3 is 2.12 bits per heavy atom. The highest BCUT2D eigenvalue weighted by Gasteiger charge is 2.20. The molecule has 3 aromatic rings. The van der Waals surface area contributed by atoms with Crippen molar-refractivity contribution in [1.82, 2.24) is 25.3 Å². The summed E-state index contributed by atoms with van der Waals surface area (Å²) in [6.07, 6.45) is 4.59. The summed E-state index contributed by atoms with van der Waals surface area (Å²) in [6.45, 7) is 19.8. The van der Waals surface area contributed by atoms with Crippen LogP contribution >= 0.6 is 0 Å². The molecule has 42 heavy (non-hydrogen) atoms. The first-order valence-electron chi connectivity index (χ1n) is 15.2. The molecule has 0 saturated heterocycles. The third-order valence-electron chi connectivity index (χ3n) is 8.07. The monoisotopic (exact) mass is 571 g/mol. The van der Waals surface area contributed by atoms with E-state index in [-0.39, 0.29) is 5.97 Å². The van der Waals surface area contributed by atoms with Crippen molar-refractivity contribution in [3.63, 3.8) is 0 Å². The number of methoxy groups -OCH3 is 1. The highest BCUT2D eigenvalue weighted by molar-refractivity contribution is 5.85. The third kappa shape index (κ3) is 6.84. The van der Waals surface area contributed by atoms with E-state index in [4.69, 9.17) is 9.97 Å². The Morgan fingerprint density at radius 2 is 1.55 bits per heavy atom. The van der Waals surface area contributed by atoms with Crippen LogP contribution < -0.4 is 5.32 Å². The van der Waals surface area contributed by atoms with Crippen molar-refractivity contribution in [2.75, 3.05) is 14.2 Å². The minimum atomic E-state index is -0.157. The van der Waals surface area contributed by atoms with Gasteiger partial charge >= 0.3 is 5.97 Å². The summed E-state index contributed by atoms with van der Waals surface area (Å²) in [4.78, 5) is 27.5. The molecule has 7 nitrogen and oxygen atoms in total. The van der Waals surface area contributed by atoms with Crippen molar-refractivity contribution in [3.05, 3.63) is 68.8 Å². The maximum absolute atomic E-state index is 9.96. The molecule has 5 heterocycles. The largest absolute Gasteiger partial charge is 0.469 e. The van der Waals surface area contributed by atoms with E-state index < -0.39 is 0 Å². The summed E-state index contributed by atoms with van der Waals surface area (Å²) in [5, 5.41) is 3.35. The Hall–Kier alpha value is -3.71. The normalized spacial score (nSPS) is 13.9. The Bertz CT molecular complexity index is 1620. The van der Waals surface area contributed by atoms with Gasteiger partial charge in [-0.1, -0.05) is 34.6 Å². The number of hydrogen-bond acceptors (Lipinski definition) is 5. The molecule has 8 bridgehead atoms. The van der Waals surface area contributed by atoms with Crippen LogP contribution in [0, 0.1) is 20.8 Å². The summed E-state index contributed by atoms with van der Waals surface area (Å²) in [7, 11) is 3.38. The standard InChI is InChI=1S/C29H35N5.C4H8O2.C2H6/c1-8-20-17(4)27-13-29-21(14-30-7)18(5)26(34-29)11-22-15(2)9-24(31-22)19(6)25-10-16(3)23(32-25)12-28(20)33-27;1-3-4(5)6-2;1-2/h10-13,15,30,33-34H,8-9,14H2,1-7H3;3H2,1-2H3;1-2H3. The zero-order chi connectivity index (χ0) is 31.1. The lowest BCUT2D eigenvalue weighted by atomic mass is 10.0. The zero-order valence-corrected chi connectivity index (χ0v) is 27.4. The van der Waals surface area contributed by atoms with Crippen LogP contribution in [0.3, 0.4) is 0 Å². The van der Waals surface area contributed by atoms with Gasteiger partial charge in [-0.3, -0.25) is 9.78 Å². The Kier molecular flexibility index (Phi) is 11.3. The summed E-state index contributed by atoms with van der Waals surface area (Å²) >= 11 is 0. The molecule has 0 radical (unpaired) electrons. The number of allylic oxidation sites excluding steroid dienone is 1. The molecule has 2 aliphatic heterocycles. The van der Waals surface area contributed by atoms with E-state index >= 15 is 0 Å². The number of rotatable bonds is 4. The summed E-state index contributed by atoms with van der Waals surface area (Å²) in [5.41, 5.74) is 16.5. The van der Waals surface area contributed by atoms with Crippen molar-refractivity contribution in [1.29, 1.82) is 0 Å². The van der Waals surface area contributed by atoms with Gasteiger partial charge < -0.3 is 20.0 Å². The average molecular weight is 572 g/mol. The first kappa shape index (κ1) is 32.8. The number of nitrogens with zero attached hydrogens (tertiary/aromatic N) is 2. The number of carbonyl (C=O) groups is 1. The van der Waals surface area contributed by atoms with Gasteiger partial charge in [-0.2, -0.15) is 0 Å². The molecule has 1 atom stereocenters. The molecule has 3 aromatic heterocycles. The highest BCUT2D eigenvalue weighted by Crippen LogP contribution is 2.31. The summed E-state index contributed by atoms with van der Waals surface area (Å²) in [6, 6.07) is 6.72. The van der Waals surface area contributed by atoms with Crippen LogP contribution in [0.4, 0.5) is 0 Å². The van der Waals surface area contributed by atoms with Crippen LogP contribution in [0.15, 0.2) is 18.2 Å². The van der Waals surface area contributed by atoms with Crippen LogP contribution in [0.2, 0.25) is 0 Å². The van der Waals surface area contributed by atoms with Gasteiger partial charge in [0, 0.05) is 52.3 Å². The molecule has 5 rings (SSSR count). The summed E-state index contributed by atoms with van der Waals surface area (Å²) < 4.78 is 4.26. The average Bonchev–Trinajstić information content (AvgIpc) is 3.71. The van der Waals surface area contributed by atoms with Gasteiger partial charge in [-0.15, -0.1) is 0 Å². The van der Waals surface area contributed by atoms with Gasteiger partial charge in [0.25, 0.3) is 0 Å². The van der Waals surface area contributed by atoms with E-state index in [9.17, 15) is 4.79 Å². The predicted molar refractivity (Wildman–Crippen MR) is 177 cm³/mol. The van der Waals surface area contributed by atoms with Gasteiger partial charge in [-0.05, 0) is 105 Å². The number of esters is 1. The molecular weight excluding hydrogens is 522 g/mol. The number of aromatic nitrogens is 4. The molecule has 0 amide bonds. The number of H-pyrrole nitrogens is 2. The topological polar surface area (TPSA) is 95.7 Å². The van der Waals surface area contributed by atoms with Crippen molar-refractivity contribution in [2.24, 2.45) is 0 Å². The number of ether oxygens (including phenoxy) is 1. The van der Waals surface area contributed by atoms with Crippen molar-refractivity contribution >= 4 is 39.7 Å². The number of aromatic amines is 2. The van der Waals surface area contributed by atoms with E-state index in [1.807, 2.05) is 20.9 Å². The molecule has 2 aliphatic rings. The number of nitrogens with one attached hydrogen (secondary N) is 3. The maximum atomic E-state index is 9.96. The Morgan fingerprint density at radius 1 is 0.929 bits per heavy atom. The van der Waals surface area contributed by atoms with Crippen LogP contribution in [0.5, 0.6) is 0 Å². The quantitative estimate of drug-likeness (QED) is 0.276. The second-order valence-electron chi connectivity index (χ2n) is 10.8. The fourth-order valence-electron chi connectivity index (χ4n) is 5.46. The van der Waals surface area contributed by atoms with E-state index in [2.05, 4.69) is 85.8 Å². The van der Waals surface area contributed by atoms with Crippen molar-refractivity contribution in [2.45, 2.75) is 94.0 Å². The minimum absolute atomic E-state index is 0.157. The number of aryl methyl sites for hydroxylation is 3. The summed E-state index contributed by atoms with van der Waals surface area (Å²) in [5.74, 6) is 0.223. The smallest absolute Gasteiger partial charge is 0.305 e. The number of carbonyl (C=O) groups excluding carboxylic acids is 1. The van der Waals surface area contributed by atoms with Gasteiger partial charge in [0.05, 0.1) is 18.5 Å². The van der Waals surface area contributed by atoms with E-state index in [0.29, 0.717) is 12.3 Å². The molecule has 0 aliphatic carbocycles. The molecule has 7 heteroatoms. The van der Waals surface area contributed by atoms with Gasteiger partial charge in [0.2, 0.25) is 0 Å². The van der Waals surface area contributed by atoms with Crippen molar-refractivity contribution < 1.29 is 9.53 Å². The Balaban J connectivity index is 0.000000541. The van der Waals surface area contributed by atoms with E-state index in [0.717, 1.165) is 64.2 Å². The van der Waals surface area contributed by atoms with E-state index in [1.165, 1.54) is 40.5 Å². The van der Waals surface area contributed by atoms with E-state index in [1.54, 1.807) is 6.92 Å². The van der Waals surface area contributed by atoms with Gasteiger partial charge in [0.15, 0.2) is 0 Å². The maximum Gasteiger partial charge on any atom is 0.305 e. The molecule has 0 spiro atoms. The fraction of sp³-hybridized carbons (Fsp3) is 0.457. The first-order valence-corrected chi connectivity index (χ1v) is 15.2. The Labute approximate surface area is 251 Å². The first-order chi connectivity index (χ1) is 20.1. The second-order valence-corrected chi connectivity index (χ2v) is 10.8. The molecule has 3 N–H and O–H groups in total. The number of fused-ring (bicyclic) bond motifs is 8. The SMILES string of the molecule is CC.CCC(=O)OC.CCc1c(C)c2cc3[nH]c(cc4nc(c(C)c5nc(cc1[nH]2)C(C)=C5)CC4C)c(C)c3CNC. The molecule has 0 fully saturated rings. The van der Waals surface area contributed by atoms with Gasteiger partial charge in [-0.25, -0.2) is 4.98 Å². The second kappa shape index (κ2) is 14.5. The minimum Gasteiger partial charge on any atom is -0.469 e. The zero-order valence-electron chi connectivity index (χ0n) is 27.4. The van der Waals surface area contributed by atoms with Gasteiger partial charge in [0.1, 0.15) is 0 Å². The highest BCUT2D eigenvalue weighted by atomic mass is 16.5. The van der Waals surface area contributed by atoms with Crippen LogP contribution in [0.1, 0.15) is 104 Å². The van der Waals surface area contributed by atoms with Crippen LogP contribution in [-0.4, -0.2) is 40.1 Å². The van der Waals surface area contributed by atoms with Crippen LogP contribution in [-0.2, 0) is 28.9 Å². The molecular formula is C35H49N5O2. The lowest BCUT2D eigenvalue weighted by Crippen LogP contribution is -2.05. The fourth-order valence-corrected chi connectivity index (χ4v) is 5.46. The lowest BCUT2D eigenvalue weighted by molar-refractivity contribution is -0.140. The predicted octanol–water partition coefficient (Wildman–Crippen LogP) is 8.02. The van der Waals surface area contributed by atoms with Crippen molar-refractivity contribution in [3.8, 4) is 0 Å². The number of hydrogen-bond donors (Lipinski definition) is 3. The molecule has 226 valence electrons. The molecule has 0 saturated carbocycles.